The Balaban J connectivity index is 2.31. The van der Waals surface area contributed by atoms with Crippen molar-refractivity contribution in [2.45, 2.75) is 26.2 Å². The molecule has 0 aliphatic rings. The van der Waals surface area contributed by atoms with Crippen LogP contribution in [-0.2, 0) is 16.4 Å². The number of nitrogens with one attached hydrogen (secondary N) is 1. The highest BCUT2D eigenvalue weighted by molar-refractivity contribution is 7.89. The van der Waals surface area contributed by atoms with Crippen LogP contribution in [0.3, 0.4) is 0 Å². The highest BCUT2D eigenvalue weighted by atomic mass is 32.2. The zero-order valence-corrected chi connectivity index (χ0v) is 13.2. The molecule has 1 heterocycles. The molecule has 0 unspecified atom stereocenters. The first-order valence-electron chi connectivity index (χ1n) is 7.10. The first-order valence-corrected chi connectivity index (χ1v) is 8.71. The lowest BCUT2D eigenvalue weighted by Gasteiger charge is -2.17. The molecular formula is C14H25N3O2S. The van der Waals surface area contributed by atoms with Gasteiger partial charge in [-0.15, -0.1) is 0 Å². The highest BCUT2D eigenvalue weighted by Crippen LogP contribution is 2.04. The molecule has 0 aliphatic heterocycles. The molecule has 114 valence electrons. The van der Waals surface area contributed by atoms with Gasteiger partial charge in [-0.25, -0.2) is 12.7 Å². The van der Waals surface area contributed by atoms with Crippen molar-refractivity contribution in [1.29, 1.82) is 0 Å². The molecule has 1 N–H and O–H groups in total. The molecule has 1 rings (SSSR count). The average Bonchev–Trinajstić information content (AvgIpc) is 2.45. The van der Waals surface area contributed by atoms with E-state index in [1.54, 1.807) is 19.4 Å². The SMILES string of the molecule is CCCNCCCS(=O)(=O)N(C)CCc1ccncc1. The summed E-state index contributed by atoms with van der Waals surface area (Å²) in [5.74, 6) is 0.205. The van der Waals surface area contributed by atoms with E-state index >= 15 is 0 Å². The number of hydrogen-bond acceptors (Lipinski definition) is 4. The maximum atomic E-state index is 12.1. The smallest absolute Gasteiger partial charge is 0.213 e. The minimum atomic E-state index is -3.14. The predicted octanol–water partition coefficient (Wildman–Crippen LogP) is 1.28. The fraction of sp³-hybridized carbons (Fsp3) is 0.643. The minimum Gasteiger partial charge on any atom is -0.317 e. The first-order chi connectivity index (χ1) is 9.56. The van der Waals surface area contributed by atoms with Gasteiger partial charge in [0.15, 0.2) is 0 Å². The van der Waals surface area contributed by atoms with Crippen LogP contribution in [-0.4, -0.2) is 50.1 Å². The van der Waals surface area contributed by atoms with Gasteiger partial charge in [0, 0.05) is 26.0 Å². The summed E-state index contributed by atoms with van der Waals surface area (Å²) in [6, 6.07) is 3.82. The summed E-state index contributed by atoms with van der Waals surface area (Å²) in [6.07, 6.45) is 5.89. The van der Waals surface area contributed by atoms with Gasteiger partial charge in [0.25, 0.3) is 0 Å². The summed E-state index contributed by atoms with van der Waals surface area (Å²) < 4.78 is 25.6. The first kappa shape index (κ1) is 17.1. The molecule has 0 aromatic carbocycles. The highest BCUT2D eigenvalue weighted by Gasteiger charge is 2.16. The quantitative estimate of drug-likeness (QED) is 0.661. The maximum absolute atomic E-state index is 12.1. The number of pyridine rings is 1. The lowest BCUT2D eigenvalue weighted by atomic mass is 10.2. The molecule has 5 nitrogen and oxygen atoms in total. The molecule has 20 heavy (non-hydrogen) atoms. The van der Waals surface area contributed by atoms with Crippen LogP contribution in [0.5, 0.6) is 0 Å². The van der Waals surface area contributed by atoms with Gasteiger partial charge in [-0.2, -0.15) is 0 Å². The van der Waals surface area contributed by atoms with Gasteiger partial charge >= 0.3 is 0 Å². The zero-order chi connectivity index (χ0) is 14.8. The largest absolute Gasteiger partial charge is 0.317 e. The molecular weight excluding hydrogens is 274 g/mol. The van der Waals surface area contributed by atoms with Crippen LogP contribution in [0.15, 0.2) is 24.5 Å². The molecule has 6 heteroatoms. The Morgan fingerprint density at radius 3 is 2.60 bits per heavy atom. The molecule has 0 saturated heterocycles. The third-order valence-corrected chi connectivity index (χ3v) is 5.06. The number of aromatic nitrogens is 1. The van der Waals surface area contributed by atoms with Crippen LogP contribution in [0, 0.1) is 0 Å². The summed E-state index contributed by atoms with van der Waals surface area (Å²) in [7, 11) is -1.49. The molecule has 0 spiro atoms. The van der Waals surface area contributed by atoms with Crippen LogP contribution in [0.4, 0.5) is 0 Å². The van der Waals surface area contributed by atoms with Gasteiger partial charge < -0.3 is 5.32 Å². The van der Waals surface area contributed by atoms with Gasteiger partial charge in [0.1, 0.15) is 0 Å². The summed E-state index contributed by atoms with van der Waals surface area (Å²) in [5.41, 5.74) is 1.10. The Bertz CT molecular complexity index is 463. The van der Waals surface area contributed by atoms with Crippen molar-refractivity contribution in [3.8, 4) is 0 Å². The van der Waals surface area contributed by atoms with E-state index in [1.165, 1.54) is 4.31 Å². The number of hydrogen-bond donors (Lipinski definition) is 1. The van der Waals surface area contributed by atoms with Crippen molar-refractivity contribution in [2.24, 2.45) is 0 Å². The Hall–Kier alpha value is -0.980. The van der Waals surface area contributed by atoms with E-state index in [9.17, 15) is 8.42 Å². The van der Waals surface area contributed by atoms with E-state index in [-0.39, 0.29) is 5.75 Å². The fourth-order valence-electron chi connectivity index (χ4n) is 1.81. The zero-order valence-electron chi connectivity index (χ0n) is 12.4. The van der Waals surface area contributed by atoms with Gasteiger partial charge in [-0.1, -0.05) is 6.92 Å². The topological polar surface area (TPSA) is 62.3 Å². The van der Waals surface area contributed by atoms with E-state index in [2.05, 4.69) is 17.2 Å². The third-order valence-electron chi connectivity index (χ3n) is 3.12. The Labute approximate surface area is 122 Å². The van der Waals surface area contributed by atoms with Crippen LogP contribution < -0.4 is 5.32 Å². The summed E-state index contributed by atoms with van der Waals surface area (Å²) >= 11 is 0. The van der Waals surface area contributed by atoms with Crippen LogP contribution in [0.2, 0.25) is 0 Å². The second kappa shape index (κ2) is 9.05. The number of likely N-dealkylation sites (N-methyl/N-ethyl adjacent to an activating group) is 1. The minimum absolute atomic E-state index is 0.205. The molecule has 1 aromatic heterocycles. The third kappa shape index (κ3) is 6.45. The van der Waals surface area contributed by atoms with E-state index < -0.39 is 10.0 Å². The molecule has 0 bridgehead atoms. The molecule has 0 amide bonds. The normalized spacial score (nSPS) is 11.9. The standard InChI is InChI=1S/C14H25N3O2S/c1-3-8-15-9-4-13-20(18,19)17(2)12-7-14-5-10-16-11-6-14/h5-6,10-11,15H,3-4,7-9,12-13H2,1-2H3. The summed E-state index contributed by atoms with van der Waals surface area (Å²) in [4.78, 5) is 3.95. The molecule has 0 radical (unpaired) electrons. The van der Waals surface area contributed by atoms with Crippen molar-refractivity contribution in [3.05, 3.63) is 30.1 Å². The van der Waals surface area contributed by atoms with E-state index in [4.69, 9.17) is 0 Å². The predicted molar refractivity (Wildman–Crippen MR) is 82.1 cm³/mol. The van der Waals surface area contributed by atoms with Crippen molar-refractivity contribution in [3.63, 3.8) is 0 Å². The van der Waals surface area contributed by atoms with Crippen LogP contribution in [0.1, 0.15) is 25.3 Å². The van der Waals surface area contributed by atoms with Crippen LogP contribution >= 0.6 is 0 Å². The Morgan fingerprint density at radius 1 is 1.25 bits per heavy atom. The Kier molecular flexibility index (Phi) is 7.72. The summed E-state index contributed by atoms with van der Waals surface area (Å²) in [6.45, 7) is 4.30. The van der Waals surface area contributed by atoms with Crippen molar-refractivity contribution >= 4 is 10.0 Å². The van der Waals surface area contributed by atoms with Crippen molar-refractivity contribution < 1.29 is 8.42 Å². The number of nitrogens with zero attached hydrogens (tertiary/aromatic N) is 2. The molecule has 0 atom stereocenters. The van der Waals surface area contributed by atoms with Gasteiger partial charge in [-0.05, 0) is 50.0 Å². The molecule has 0 aliphatic carbocycles. The molecule has 0 saturated carbocycles. The van der Waals surface area contributed by atoms with Gasteiger partial charge in [0.2, 0.25) is 10.0 Å². The van der Waals surface area contributed by atoms with E-state index in [0.717, 1.165) is 25.1 Å². The van der Waals surface area contributed by atoms with Crippen LogP contribution in [0.25, 0.3) is 0 Å². The summed E-state index contributed by atoms with van der Waals surface area (Å²) in [5, 5.41) is 3.21. The van der Waals surface area contributed by atoms with E-state index in [1.807, 2.05) is 12.1 Å². The Morgan fingerprint density at radius 2 is 1.95 bits per heavy atom. The molecule has 0 fully saturated rings. The fourth-order valence-corrected chi connectivity index (χ4v) is 3.00. The number of sulfonamides is 1. The average molecular weight is 299 g/mol. The lowest BCUT2D eigenvalue weighted by Crippen LogP contribution is -2.32. The second-order valence-corrected chi connectivity index (χ2v) is 7.04. The van der Waals surface area contributed by atoms with Gasteiger partial charge in [-0.3, -0.25) is 4.98 Å². The van der Waals surface area contributed by atoms with E-state index in [0.29, 0.717) is 19.4 Å². The maximum Gasteiger partial charge on any atom is 0.213 e. The van der Waals surface area contributed by atoms with Crippen molar-refractivity contribution in [2.75, 3.05) is 32.4 Å². The molecule has 1 aromatic rings. The second-order valence-electron chi connectivity index (χ2n) is 4.85. The number of rotatable bonds is 10. The monoisotopic (exact) mass is 299 g/mol. The van der Waals surface area contributed by atoms with Crippen molar-refractivity contribution in [1.82, 2.24) is 14.6 Å². The lowest BCUT2D eigenvalue weighted by molar-refractivity contribution is 0.470. The van der Waals surface area contributed by atoms with Gasteiger partial charge in [0.05, 0.1) is 5.75 Å².